The van der Waals surface area contributed by atoms with Gasteiger partial charge >= 0.3 is 0 Å². The molecule has 1 aliphatic heterocycles. The molecule has 5 nitrogen and oxygen atoms in total. The number of carbonyl (C=O) groups excluding carboxylic acids is 2. The van der Waals surface area contributed by atoms with Crippen LogP contribution in [-0.2, 0) is 9.59 Å². The summed E-state index contributed by atoms with van der Waals surface area (Å²) in [5.41, 5.74) is 0. The van der Waals surface area contributed by atoms with Crippen molar-refractivity contribution < 1.29 is 9.59 Å². The molecule has 1 aromatic carbocycles. The van der Waals surface area contributed by atoms with Crippen LogP contribution in [0.5, 0.6) is 0 Å². The van der Waals surface area contributed by atoms with Crippen LogP contribution in [0.1, 0.15) is 0 Å². The zero-order valence-electron chi connectivity index (χ0n) is 12.7. The number of rotatable bonds is 5. The van der Waals surface area contributed by atoms with E-state index in [-0.39, 0.29) is 30.8 Å². The van der Waals surface area contributed by atoms with Gasteiger partial charge in [-0.15, -0.1) is 24.2 Å². The Morgan fingerprint density at radius 2 is 1.86 bits per heavy atom. The van der Waals surface area contributed by atoms with E-state index in [4.69, 9.17) is 0 Å². The number of nitrogens with zero attached hydrogens (tertiary/aromatic N) is 2. The molecule has 1 aromatic rings. The minimum absolute atomic E-state index is 0. The van der Waals surface area contributed by atoms with Crippen molar-refractivity contribution in [1.82, 2.24) is 15.1 Å². The molecule has 2 amide bonds. The second-order valence-corrected chi connectivity index (χ2v) is 6.03. The average Bonchev–Trinajstić information content (AvgIpc) is 2.54. The maximum atomic E-state index is 12.1. The van der Waals surface area contributed by atoms with Crippen molar-refractivity contribution in [2.45, 2.75) is 4.90 Å². The molecule has 0 spiro atoms. The number of hydrogen-bond donors (Lipinski definition) is 1. The summed E-state index contributed by atoms with van der Waals surface area (Å²) in [5, 5.41) is 3.21. The highest BCUT2D eigenvalue weighted by molar-refractivity contribution is 8.00. The van der Waals surface area contributed by atoms with Crippen molar-refractivity contribution in [2.75, 3.05) is 45.5 Å². The number of piperazine rings is 1. The van der Waals surface area contributed by atoms with Gasteiger partial charge in [0.25, 0.3) is 0 Å². The molecule has 1 aliphatic rings. The third-order valence-corrected chi connectivity index (χ3v) is 4.37. The van der Waals surface area contributed by atoms with Crippen molar-refractivity contribution in [3.8, 4) is 0 Å². The first kappa shape index (κ1) is 18.8. The molecule has 0 atom stereocenters. The Morgan fingerprint density at radius 1 is 1.23 bits per heavy atom. The van der Waals surface area contributed by atoms with Crippen LogP contribution >= 0.6 is 24.2 Å². The van der Waals surface area contributed by atoms with Gasteiger partial charge in [-0.25, -0.2) is 0 Å². The maximum Gasteiger partial charge on any atom is 0.242 e. The first-order valence-corrected chi connectivity index (χ1v) is 8.05. The maximum absolute atomic E-state index is 12.1. The van der Waals surface area contributed by atoms with E-state index in [1.807, 2.05) is 35.2 Å². The Bertz CT molecular complexity index is 481. The highest BCUT2D eigenvalue weighted by Gasteiger charge is 2.19. The van der Waals surface area contributed by atoms with E-state index in [1.165, 1.54) is 16.7 Å². The summed E-state index contributed by atoms with van der Waals surface area (Å²) in [5.74, 6) is 0.361. The molecule has 7 heteroatoms. The van der Waals surface area contributed by atoms with Gasteiger partial charge < -0.3 is 15.1 Å². The Balaban J connectivity index is 0.00000242. The molecule has 0 aromatic heterocycles. The normalized spacial score (nSPS) is 14.1. The van der Waals surface area contributed by atoms with E-state index in [9.17, 15) is 9.59 Å². The minimum Gasteiger partial charge on any atom is -0.339 e. The number of thioether (sulfide) groups is 1. The third kappa shape index (κ3) is 5.87. The summed E-state index contributed by atoms with van der Waals surface area (Å²) < 4.78 is 0. The van der Waals surface area contributed by atoms with E-state index < -0.39 is 0 Å². The molecule has 0 saturated carbocycles. The van der Waals surface area contributed by atoms with E-state index in [0.29, 0.717) is 5.75 Å². The minimum atomic E-state index is -0.0210. The fourth-order valence-electron chi connectivity index (χ4n) is 2.08. The summed E-state index contributed by atoms with van der Waals surface area (Å²) in [7, 11) is 1.69. The highest BCUT2D eigenvalue weighted by Crippen LogP contribution is 2.17. The van der Waals surface area contributed by atoms with Crippen LogP contribution in [-0.4, -0.2) is 67.1 Å². The summed E-state index contributed by atoms with van der Waals surface area (Å²) in [6, 6.07) is 9.80. The number of benzene rings is 1. The van der Waals surface area contributed by atoms with Gasteiger partial charge in [0.15, 0.2) is 0 Å². The van der Waals surface area contributed by atoms with E-state index in [1.54, 1.807) is 7.05 Å². The fourth-order valence-corrected chi connectivity index (χ4v) is 2.94. The first-order chi connectivity index (χ1) is 10.2. The van der Waals surface area contributed by atoms with Crippen LogP contribution in [0, 0.1) is 0 Å². The SMILES string of the molecule is CN(CC(=O)N1CCNCC1)C(=O)CSc1ccccc1.Cl. The molecule has 1 saturated heterocycles. The molecule has 0 aliphatic carbocycles. The first-order valence-electron chi connectivity index (χ1n) is 7.07. The molecule has 0 unspecified atom stereocenters. The Kier molecular flexibility index (Phi) is 8.30. The van der Waals surface area contributed by atoms with Gasteiger partial charge in [0, 0.05) is 38.1 Å². The molecule has 1 fully saturated rings. The van der Waals surface area contributed by atoms with Crippen LogP contribution in [0.2, 0.25) is 0 Å². The monoisotopic (exact) mass is 343 g/mol. The number of amides is 2. The predicted molar refractivity (Wildman–Crippen MR) is 91.5 cm³/mol. The molecule has 122 valence electrons. The zero-order chi connectivity index (χ0) is 15.1. The highest BCUT2D eigenvalue weighted by atomic mass is 35.5. The van der Waals surface area contributed by atoms with Crippen molar-refractivity contribution in [3.63, 3.8) is 0 Å². The van der Waals surface area contributed by atoms with Crippen molar-refractivity contribution in [2.24, 2.45) is 0 Å². The molecular formula is C15H22ClN3O2S. The number of likely N-dealkylation sites (N-methyl/N-ethyl adjacent to an activating group) is 1. The summed E-state index contributed by atoms with van der Waals surface area (Å²) in [6.45, 7) is 3.26. The topological polar surface area (TPSA) is 52.7 Å². The van der Waals surface area contributed by atoms with Crippen LogP contribution in [0.25, 0.3) is 0 Å². The number of halogens is 1. The zero-order valence-corrected chi connectivity index (χ0v) is 14.3. The lowest BCUT2D eigenvalue weighted by molar-refractivity contribution is -0.138. The summed E-state index contributed by atoms with van der Waals surface area (Å²) >= 11 is 1.49. The molecule has 1 heterocycles. The lowest BCUT2D eigenvalue weighted by Crippen LogP contribution is -2.50. The van der Waals surface area contributed by atoms with Gasteiger partial charge in [-0.05, 0) is 12.1 Å². The smallest absolute Gasteiger partial charge is 0.242 e. The molecule has 0 bridgehead atoms. The second kappa shape index (κ2) is 9.71. The van der Waals surface area contributed by atoms with Gasteiger partial charge in [0.05, 0.1) is 12.3 Å². The van der Waals surface area contributed by atoms with Gasteiger partial charge in [-0.1, -0.05) is 18.2 Å². The van der Waals surface area contributed by atoms with Crippen molar-refractivity contribution >= 4 is 36.0 Å². The molecular weight excluding hydrogens is 322 g/mol. The Labute approximate surface area is 141 Å². The number of hydrogen-bond acceptors (Lipinski definition) is 4. The van der Waals surface area contributed by atoms with Crippen molar-refractivity contribution in [1.29, 1.82) is 0 Å². The van der Waals surface area contributed by atoms with Gasteiger partial charge in [-0.3, -0.25) is 9.59 Å². The van der Waals surface area contributed by atoms with E-state index in [0.717, 1.165) is 31.1 Å². The van der Waals surface area contributed by atoms with Crippen LogP contribution in [0.15, 0.2) is 35.2 Å². The van der Waals surface area contributed by atoms with E-state index >= 15 is 0 Å². The third-order valence-electron chi connectivity index (χ3n) is 3.37. The van der Waals surface area contributed by atoms with E-state index in [2.05, 4.69) is 5.32 Å². The van der Waals surface area contributed by atoms with Crippen molar-refractivity contribution in [3.05, 3.63) is 30.3 Å². The summed E-state index contributed by atoms with van der Waals surface area (Å²) in [6.07, 6.45) is 0. The molecule has 0 radical (unpaired) electrons. The van der Waals surface area contributed by atoms with Gasteiger partial charge in [-0.2, -0.15) is 0 Å². The molecule has 1 N–H and O–H groups in total. The second-order valence-electron chi connectivity index (χ2n) is 4.98. The van der Waals surface area contributed by atoms with Crippen LogP contribution < -0.4 is 5.32 Å². The van der Waals surface area contributed by atoms with Gasteiger partial charge in [0.1, 0.15) is 0 Å². The van der Waals surface area contributed by atoms with Gasteiger partial charge in [0.2, 0.25) is 11.8 Å². The fraction of sp³-hybridized carbons (Fsp3) is 0.467. The largest absolute Gasteiger partial charge is 0.339 e. The lowest BCUT2D eigenvalue weighted by atomic mass is 10.3. The quantitative estimate of drug-likeness (QED) is 0.813. The Morgan fingerprint density at radius 3 is 2.50 bits per heavy atom. The lowest BCUT2D eigenvalue weighted by Gasteiger charge is -2.29. The number of nitrogens with one attached hydrogen (secondary N) is 1. The standard InChI is InChI=1S/C15H21N3O2S.ClH/c1-17(11-14(19)18-9-7-16-8-10-18)15(20)12-21-13-5-3-2-4-6-13;/h2-6,16H,7-12H2,1H3;1H. The Hall–Kier alpha value is -1.24. The number of carbonyl (C=O) groups is 2. The predicted octanol–water partition coefficient (Wildman–Crippen LogP) is 1.09. The van der Waals surface area contributed by atoms with Crippen LogP contribution in [0.3, 0.4) is 0 Å². The van der Waals surface area contributed by atoms with Crippen LogP contribution in [0.4, 0.5) is 0 Å². The molecule has 22 heavy (non-hydrogen) atoms. The summed E-state index contributed by atoms with van der Waals surface area (Å²) in [4.78, 5) is 28.5. The average molecular weight is 344 g/mol. The molecule has 2 rings (SSSR count).